The number of benzene rings is 2. The first kappa shape index (κ1) is 13.3. The minimum atomic E-state index is -1.02. The molecule has 2 aromatic rings. The van der Waals surface area contributed by atoms with Crippen molar-refractivity contribution in [2.75, 3.05) is 0 Å². The lowest BCUT2D eigenvalue weighted by molar-refractivity contribution is 0.282. The lowest BCUT2D eigenvalue weighted by Gasteiger charge is -2.10. The van der Waals surface area contributed by atoms with Crippen molar-refractivity contribution in [1.29, 1.82) is 0 Å². The molecule has 0 aromatic heterocycles. The molecule has 98 valence electrons. The van der Waals surface area contributed by atoms with Gasteiger partial charge in [-0.05, 0) is 28.8 Å². The normalized spacial score (nSPS) is 12.2. The van der Waals surface area contributed by atoms with Crippen molar-refractivity contribution in [3.05, 3.63) is 75.7 Å². The SMILES string of the molecule is O=NC(c1ccc(CO)cc1)c1ccc(F)c(F)c1. The zero-order valence-electron chi connectivity index (χ0n) is 9.88. The third kappa shape index (κ3) is 2.82. The largest absolute Gasteiger partial charge is 0.392 e. The molecular weight excluding hydrogens is 252 g/mol. The molecule has 1 unspecified atom stereocenters. The number of hydrogen-bond donors (Lipinski definition) is 1. The van der Waals surface area contributed by atoms with E-state index in [-0.39, 0.29) is 12.2 Å². The lowest BCUT2D eigenvalue weighted by atomic mass is 9.98. The summed E-state index contributed by atoms with van der Waals surface area (Å²) in [5.74, 6) is -1.98. The van der Waals surface area contributed by atoms with E-state index in [1.807, 2.05) is 0 Å². The highest BCUT2D eigenvalue weighted by molar-refractivity contribution is 5.34. The predicted molar refractivity (Wildman–Crippen MR) is 66.4 cm³/mol. The first-order valence-corrected chi connectivity index (χ1v) is 5.63. The number of hydrogen-bond acceptors (Lipinski definition) is 3. The van der Waals surface area contributed by atoms with Crippen molar-refractivity contribution >= 4 is 0 Å². The number of halogens is 2. The van der Waals surface area contributed by atoms with E-state index in [9.17, 15) is 13.7 Å². The second-order valence-electron chi connectivity index (χ2n) is 4.08. The van der Waals surface area contributed by atoms with Crippen molar-refractivity contribution in [2.24, 2.45) is 5.18 Å². The number of aliphatic hydroxyl groups is 1. The van der Waals surface area contributed by atoms with E-state index >= 15 is 0 Å². The van der Waals surface area contributed by atoms with E-state index in [1.165, 1.54) is 6.07 Å². The summed E-state index contributed by atoms with van der Waals surface area (Å²) in [4.78, 5) is 10.9. The molecule has 0 aliphatic carbocycles. The van der Waals surface area contributed by atoms with Gasteiger partial charge < -0.3 is 5.11 Å². The molecule has 0 spiro atoms. The lowest BCUT2D eigenvalue weighted by Crippen LogP contribution is -1.99. The zero-order chi connectivity index (χ0) is 13.8. The summed E-state index contributed by atoms with van der Waals surface area (Å²) in [5.41, 5.74) is 1.53. The summed E-state index contributed by atoms with van der Waals surface area (Å²) in [6.45, 7) is -0.107. The van der Waals surface area contributed by atoms with Gasteiger partial charge in [-0.1, -0.05) is 35.5 Å². The van der Waals surface area contributed by atoms with E-state index in [0.29, 0.717) is 11.1 Å². The minimum Gasteiger partial charge on any atom is -0.392 e. The predicted octanol–water partition coefficient (Wildman–Crippen LogP) is 3.31. The monoisotopic (exact) mass is 263 g/mol. The third-order valence-corrected chi connectivity index (χ3v) is 2.84. The Balaban J connectivity index is 2.37. The summed E-state index contributed by atoms with van der Waals surface area (Å²) in [6, 6.07) is 8.89. The van der Waals surface area contributed by atoms with E-state index in [0.717, 1.165) is 12.1 Å². The van der Waals surface area contributed by atoms with Gasteiger partial charge in [0, 0.05) is 0 Å². The molecule has 0 fully saturated rings. The molecule has 0 radical (unpaired) electrons. The Bertz CT molecular complexity index is 584. The van der Waals surface area contributed by atoms with E-state index < -0.39 is 17.7 Å². The van der Waals surface area contributed by atoms with Crippen molar-refractivity contribution in [2.45, 2.75) is 12.6 Å². The fourth-order valence-corrected chi connectivity index (χ4v) is 1.80. The van der Waals surface area contributed by atoms with Gasteiger partial charge in [-0.25, -0.2) is 8.78 Å². The second-order valence-corrected chi connectivity index (χ2v) is 4.08. The van der Waals surface area contributed by atoms with E-state index in [1.54, 1.807) is 24.3 Å². The highest BCUT2D eigenvalue weighted by Gasteiger charge is 2.16. The van der Waals surface area contributed by atoms with Crippen LogP contribution >= 0.6 is 0 Å². The standard InChI is InChI=1S/C14H11F2NO2/c15-12-6-5-11(7-13(12)16)14(17-19)10-3-1-9(8-18)2-4-10/h1-7,14,18H,8H2. The third-order valence-electron chi connectivity index (χ3n) is 2.84. The molecule has 0 aliphatic rings. The van der Waals surface area contributed by atoms with Crippen molar-refractivity contribution < 1.29 is 13.9 Å². The van der Waals surface area contributed by atoms with Gasteiger partial charge in [-0.2, -0.15) is 0 Å². The van der Waals surface area contributed by atoms with Crippen LogP contribution in [0, 0.1) is 16.5 Å². The van der Waals surface area contributed by atoms with Gasteiger partial charge in [0.2, 0.25) is 0 Å². The maximum atomic E-state index is 13.2. The van der Waals surface area contributed by atoms with Crippen molar-refractivity contribution in [3.63, 3.8) is 0 Å². The zero-order valence-corrected chi connectivity index (χ0v) is 9.88. The highest BCUT2D eigenvalue weighted by Crippen LogP contribution is 2.27. The molecular formula is C14H11F2NO2. The summed E-state index contributed by atoms with van der Waals surface area (Å²) < 4.78 is 26.0. The molecule has 0 saturated carbocycles. The van der Waals surface area contributed by atoms with Crippen LogP contribution in [0.4, 0.5) is 8.78 Å². The van der Waals surface area contributed by atoms with Crippen LogP contribution in [-0.4, -0.2) is 5.11 Å². The fraction of sp³-hybridized carbons (Fsp3) is 0.143. The smallest absolute Gasteiger partial charge is 0.159 e. The van der Waals surface area contributed by atoms with Gasteiger partial charge in [0.1, 0.15) is 6.04 Å². The van der Waals surface area contributed by atoms with Crippen LogP contribution in [0.3, 0.4) is 0 Å². The van der Waals surface area contributed by atoms with Crippen LogP contribution in [0.1, 0.15) is 22.7 Å². The Morgan fingerprint density at radius 3 is 2.16 bits per heavy atom. The summed E-state index contributed by atoms with van der Waals surface area (Å²) in [7, 11) is 0. The Morgan fingerprint density at radius 2 is 1.63 bits per heavy atom. The van der Waals surface area contributed by atoms with Gasteiger partial charge in [0.05, 0.1) is 6.61 Å². The molecule has 19 heavy (non-hydrogen) atoms. The minimum absolute atomic E-state index is 0.107. The number of rotatable bonds is 4. The number of nitroso groups, excluding NO2 is 1. The van der Waals surface area contributed by atoms with Gasteiger partial charge in [-0.3, -0.25) is 0 Å². The molecule has 2 aromatic carbocycles. The Kier molecular flexibility index (Phi) is 3.97. The van der Waals surface area contributed by atoms with E-state index in [4.69, 9.17) is 5.11 Å². The molecule has 2 rings (SSSR count). The van der Waals surface area contributed by atoms with Gasteiger partial charge in [0.25, 0.3) is 0 Å². The summed E-state index contributed by atoms with van der Waals surface area (Å²) in [5, 5.41) is 11.9. The first-order chi connectivity index (χ1) is 9.15. The number of nitrogens with zero attached hydrogens (tertiary/aromatic N) is 1. The highest BCUT2D eigenvalue weighted by atomic mass is 19.2. The van der Waals surface area contributed by atoms with Crippen molar-refractivity contribution in [3.8, 4) is 0 Å². The van der Waals surface area contributed by atoms with Gasteiger partial charge in [-0.15, -0.1) is 4.91 Å². The molecule has 0 bridgehead atoms. The van der Waals surface area contributed by atoms with Crippen LogP contribution in [0.2, 0.25) is 0 Å². The van der Waals surface area contributed by atoms with Crippen LogP contribution in [0.15, 0.2) is 47.6 Å². The van der Waals surface area contributed by atoms with E-state index in [2.05, 4.69) is 5.18 Å². The molecule has 0 aliphatic heterocycles. The molecule has 0 saturated heterocycles. The average molecular weight is 263 g/mol. The maximum absolute atomic E-state index is 13.2. The Morgan fingerprint density at radius 1 is 1.00 bits per heavy atom. The molecule has 0 amide bonds. The fourth-order valence-electron chi connectivity index (χ4n) is 1.80. The van der Waals surface area contributed by atoms with Crippen LogP contribution in [-0.2, 0) is 6.61 Å². The Hall–Kier alpha value is -2.14. The number of aliphatic hydroxyl groups excluding tert-OH is 1. The molecule has 5 heteroatoms. The molecule has 1 N–H and O–H groups in total. The summed E-state index contributed by atoms with van der Waals surface area (Å²) >= 11 is 0. The summed E-state index contributed by atoms with van der Waals surface area (Å²) in [6.07, 6.45) is 0. The van der Waals surface area contributed by atoms with Gasteiger partial charge >= 0.3 is 0 Å². The van der Waals surface area contributed by atoms with Crippen LogP contribution < -0.4 is 0 Å². The van der Waals surface area contributed by atoms with Crippen LogP contribution in [0.25, 0.3) is 0 Å². The topological polar surface area (TPSA) is 49.7 Å². The average Bonchev–Trinajstić information content (AvgIpc) is 2.44. The molecule has 1 atom stereocenters. The van der Waals surface area contributed by atoms with Gasteiger partial charge in [0.15, 0.2) is 11.6 Å². The maximum Gasteiger partial charge on any atom is 0.159 e. The first-order valence-electron chi connectivity index (χ1n) is 5.63. The quantitative estimate of drug-likeness (QED) is 0.860. The Labute approximate surface area is 108 Å². The van der Waals surface area contributed by atoms with Crippen LogP contribution in [0.5, 0.6) is 0 Å². The molecule has 0 heterocycles. The second kappa shape index (κ2) is 5.67. The molecule has 3 nitrogen and oxygen atoms in total. The van der Waals surface area contributed by atoms with Crippen molar-refractivity contribution in [1.82, 2.24) is 0 Å².